The van der Waals surface area contributed by atoms with Crippen LogP contribution in [0.1, 0.15) is 21.6 Å². The van der Waals surface area contributed by atoms with Crippen molar-refractivity contribution < 1.29 is 13.9 Å². The van der Waals surface area contributed by atoms with Crippen molar-refractivity contribution in [3.8, 4) is 5.88 Å². The molecule has 0 aliphatic carbocycles. The summed E-state index contributed by atoms with van der Waals surface area (Å²) < 4.78 is 19.6. The minimum Gasteiger partial charge on any atom is -0.476 e. The van der Waals surface area contributed by atoms with E-state index >= 15 is 0 Å². The number of anilines is 2. The molecule has 0 amide bonds. The van der Waals surface area contributed by atoms with Gasteiger partial charge in [0.2, 0.25) is 5.88 Å². The maximum atomic E-state index is 14.2. The Bertz CT molecular complexity index is 1000. The van der Waals surface area contributed by atoms with Crippen molar-refractivity contribution in [2.75, 3.05) is 29.7 Å². The predicted octanol–water partition coefficient (Wildman–Crippen LogP) is 3.37. The Morgan fingerprint density at radius 3 is 2.83 bits per heavy atom. The van der Waals surface area contributed by atoms with Crippen molar-refractivity contribution in [1.29, 1.82) is 0 Å². The number of hydrogen-bond acceptors (Lipinski definition) is 8. The number of aromatic nitrogens is 3. The number of nitrogens with zero attached hydrogens (tertiary/aromatic N) is 3. The number of pyridine rings is 1. The van der Waals surface area contributed by atoms with Gasteiger partial charge in [-0.2, -0.15) is 11.8 Å². The van der Waals surface area contributed by atoms with Crippen molar-refractivity contribution in [3.05, 3.63) is 71.6 Å². The minimum atomic E-state index is -0.368. The molecule has 0 fully saturated rings. The van der Waals surface area contributed by atoms with Crippen molar-refractivity contribution in [2.45, 2.75) is 13.0 Å². The molecule has 0 atom stereocenters. The number of carbonyl (C=O) groups excluding carboxylic acids is 1. The Morgan fingerprint density at radius 1 is 1.23 bits per heavy atom. The van der Waals surface area contributed by atoms with Crippen LogP contribution >= 0.6 is 11.8 Å². The fourth-order valence-corrected chi connectivity index (χ4v) is 2.92. The average Bonchev–Trinajstić information content (AvgIpc) is 2.75. The minimum absolute atomic E-state index is 0.0870. The molecular weight excluding hydrogens is 405 g/mol. The Kier molecular flexibility index (Phi) is 7.56. The fourth-order valence-electron chi connectivity index (χ4n) is 2.67. The maximum Gasteiger partial charge on any atom is 0.232 e. The Balaban J connectivity index is 1.63. The number of nitrogens with two attached hydrogens (primary N) is 1. The van der Waals surface area contributed by atoms with Crippen LogP contribution in [-0.4, -0.2) is 39.4 Å². The molecule has 156 valence electrons. The van der Waals surface area contributed by atoms with E-state index in [0.717, 1.165) is 5.75 Å². The number of ketones is 1. The van der Waals surface area contributed by atoms with Crippen LogP contribution in [0.2, 0.25) is 0 Å². The molecule has 3 rings (SSSR count). The highest BCUT2D eigenvalue weighted by Gasteiger charge is 2.12. The van der Waals surface area contributed by atoms with E-state index in [1.807, 2.05) is 6.26 Å². The summed E-state index contributed by atoms with van der Waals surface area (Å²) in [5, 5.41) is 3.06. The number of rotatable bonds is 10. The molecule has 1 aromatic carbocycles. The lowest BCUT2D eigenvalue weighted by Gasteiger charge is -2.10. The molecule has 3 N–H and O–H groups in total. The molecule has 3 aromatic rings. The molecule has 7 nitrogen and oxygen atoms in total. The van der Waals surface area contributed by atoms with Gasteiger partial charge in [-0.3, -0.25) is 4.79 Å². The van der Waals surface area contributed by atoms with Gasteiger partial charge in [0.1, 0.15) is 17.3 Å². The highest BCUT2D eigenvalue weighted by atomic mass is 32.2. The van der Waals surface area contributed by atoms with Gasteiger partial charge < -0.3 is 15.8 Å². The summed E-state index contributed by atoms with van der Waals surface area (Å²) in [6, 6.07) is 8.09. The van der Waals surface area contributed by atoms with E-state index in [1.54, 1.807) is 42.2 Å². The standard InChI is InChI=1S/C21H22FN5O2S/c1-30-8-7-29-20-13-26-18(12-27-20)19(28)10-14-4-5-16(22)15(9-14)11-25-17-3-2-6-24-21(17)23/h2-6,9,12-13,25H,7-8,10-11H2,1H3,(H2,23,24). The summed E-state index contributed by atoms with van der Waals surface area (Å²) in [6.07, 6.45) is 6.49. The van der Waals surface area contributed by atoms with Crippen molar-refractivity contribution in [2.24, 2.45) is 0 Å². The number of carbonyl (C=O) groups is 1. The van der Waals surface area contributed by atoms with Gasteiger partial charge in [0.15, 0.2) is 5.78 Å². The first kappa shape index (κ1) is 21.5. The highest BCUT2D eigenvalue weighted by molar-refractivity contribution is 7.98. The normalized spacial score (nSPS) is 10.6. The van der Waals surface area contributed by atoms with Crippen LogP contribution in [0.25, 0.3) is 0 Å². The van der Waals surface area contributed by atoms with Gasteiger partial charge >= 0.3 is 0 Å². The van der Waals surface area contributed by atoms with Gasteiger partial charge in [-0.05, 0) is 30.0 Å². The lowest BCUT2D eigenvalue weighted by atomic mass is 10.0. The summed E-state index contributed by atoms with van der Waals surface area (Å²) >= 11 is 1.67. The zero-order chi connectivity index (χ0) is 21.3. The summed E-state index contributed by atoms with van der Waals surface area (Å²) in [7, 11) is 0. The molecule has 2 aromatic heterocycles. The number of nitrogen functional groups attached to an aromatic ring is 1. The van der Waals surface area contributed by atoms with E-state index in [2.05, 4.69) is 20.3 Å². The molecule has 2 heterocycles. The molecule has 9 heteroatoms. The smallest absolute Gasteiger partial charge is 0.232 e. The molecule has 0 saturated carbocycles. The molecule has 0 aliphatic heterocycles. The molecular formula is C21H22FN5O2S. The van der Waals surface area contributed by atoms with Crippen LogP contribution in [-0.2, 0) is 13.0 Å². The lowest BCUT2D eigenvalue weighted by molar-refractivity contribution is 0.0987. The van der Waals surface area contributed by atoms with Crippen LogP contribution in [0, 0.1) is 5.82 Å². The number of ether oxygens (including phenoxy) is 1. The maximum absolute atomic E-state index is 14.2. The topological polar surface area (TPSA) is 103 Å². The Labute approximate surface area is 178 Å². The van der Waals surface area contributed by atoms with Crippen molar-refractivity contribution >= 4 is 29.1 Å². The number of benzene rings is 1. The van der Waals surface area contributed by atoms with Crippen molar-refractivity contribution in [1.82, 2.24) is 15.0 Å². The Hall–Kier alpha value is -3.20. The quantitative estimate of drug-likeness (QED) is 0.375. The molecule has 0 spiro atoms. The third-order valence-corrected chi connectivity index (χ3v) is 4.81. The van der Waals surface area contributed by atoms with Gasteiger partial charge in [0.25, 0.3) is 0 Å². The van der Waals surface area contributed by atoms with Crippen molar-refractivity contribution in [3.63, 3.8) is 0 Å². The number of thioether (sulfide) groups is 1. The molecule has 0 aliphatic rings. The SMILES string of the molecule is CSCCOc1cnc(C(=O)Cc2ccc(F)c(CNc3cccnc3N)c2)cn1. The van der Waals surface area contributed by atoms with E-state index in [1.165, 1.54) is 18.5 Å². The number of hydrogen-bond donors (Lipinski definition) is 2. The third kappa shape index (κ3) is 5.90. The molecule has 0 bridgehead atoms. The zero-order valence-corrected chi connectivity index (χ0v) is 17.3. The summed E-state index contributed by atoms with van der Waals surface area (Å²) in [6.45, 7) is 0.742. The van der Waals surface area contributed by atoms with E-state index in [9.17, 15) is 9.18 Å². The monoisotopic (exact) mass is 427 g/mol. The second-order valence-corrected chi connectivity index (χ2v) is 7.38. The fraction of sp³-hybridized carbons (Fsp3) is 0.238. The summed E-state index contributed by atoms with van der Waals surface area (Å²) in [4.78, 5) is 24.8. The zero-order valence-electron chi connectivity index (χ0n) is 16.5. The van der Waals surface area contributed by atoms with Gasteiger partial charge in [-0.1, -0.05) is 12.1 Å². The molecule has 0 radical (unpaired) electrons. The van der Waals surface area contributed by atoms with E-state index in [4.69, 9.17) is 10.5 Å². The predicted molar refractivity (Wildman–Crippen MR) is 116 cm³/mol. The van der Waals surface area contributed by atoms with Gasteiger partial charge in [0.05, 0.1) is 24.7 Å². The number of nitrogens with one attached hydrogen (secondary N) is 1. The van der Waals surface area contributed by atoms with Crippen LogP contribution < -0.4 is 15.8 Å². The lowest BCUT2D eigenvalue weighted by Crippen LogP contribution is -2.09. The second kappa shape index (κ2) is 10.5. The average molecular weight is 428 g/mol. The van der Waals surface area contributed by atoms with Crippen LogP contribution in [0.5, 0.6) is 5.88 Å². The van der Waals surface area contributed by atoms with E-state index in [-0.39, 0.29) is 30.3 Å². The second-order valence-electron chi connectivity index (χ2n) is 6.40. The van der Waals surface area contributed by atoms with Gasteiger partial charge in [-0.15, -0.1) is 0 Å². The van der Waals surface area contributed by atoms with Crippen LogP contribution in [0.3, 0.4) is 0 Å². The highest BCUT2D eigenvalue weighted by Crippen LogP contribution is 2.18. The first-order valence-corrected chi connectivity index (χ1v) is 10.6. The Morgan fingerprint density at radius 2 is 2.10 bits per heavy atom. The van der Waals surface area contributed by atoms with Gasteiger partial charge in [-0.25, -0.2) is 19.3 Å². The third-order valence-electron chi connectivity index (χ3n) is 4.23. The van der Waals surface area contributed by atoms with Crippen LogP contribution in [0.4, 0.5) is 15.9 Å². The molecule has 30 heavy (non-hydrogen) atoms. The summed E-state index contributed by atoms with van der Waals surface area (Å²) in [5.74, 6) is 0.985. The van der Waals surface area contributed by atoms with Crippen LogP contribution in [0.15, 0.2) is 48.9 Å². The van der Waals surface area contributed by atoms with E-state index in [0.29, 0.717) is 35.1 Å². The summed E-state index contributed by atoms with van der Waals surface area (Å²) in [5.41, 5.74) is 7.75. The largest absolute Gasteiger partial charge is 0.476 e. The first-order chi connectivity index (χ1) is 14.6. The first-order valence-electron chi connectivity index (χ1n) is 9.25. The number of halogens is 1. The van der Waals surface area contributed by atoms with E-state index < -0.39 is 0 Å². The molecule has 0 saturated heterocycles. The van der Waals surface area contributed by atoms with Gasteiger partial charge in [0, 0.05) is 30.5 Å². The number of Topliss-reactive ketones (excluding diaryl/α,β-unsaturated/α-hetero) is 1. The molecule has 0 unspecified atom stereocenters.